The first-order valence-electron chi connectivity index (χ1n) is 9.67. The monoisotopic (exact) mass is 351 g/mol. The van der Waals surface area contributed by atoms with Crippen LogP contribution in [0.5, 0.6) is 5.75 Å². The molecule has 0 aliphatic heterocycles. The highest BCUT2D eigenvalue weighted by Crippen LogP contribution is 2.42. The summed E-state index contributed by atoms with van der Waals surface area (Å²) >= 11 is 0. The van der Waals surface area contributed by atoms with Crippen LogP contribution in [0.3, 0.4) is 0 Å². The summed E-state index contributed by atoms with van der Waals surface area (Å²) in [6.45, 7) is 6.91. The van der Waals surface area contributed by atoms with Gasteiger partial charge in [-0.05, 0) is 62.4 Å². The zero-order chi connectivity index (χ0) is 18.6. The minimum absolute atomic E-state index is 0.113. The van der Waals surface area contributed by atoms with Crippen molar-refractivity contribution in [2.45, 2.75) is 58.3 Å². The van der Waals surface area contributed by atoms with Gasteiger partial charge in [0.15, 0.2) is 0 Å². The fraction of sp³-hybridized carbons (Fsp3) is 0.435. The average molecular weight is 351 g/mol. The van der Waals surface area contributed by atoms with Crippen molar-refractivity contribution in [1.29, 1.82) is 0 Å². The maximum atomic E-state index is 13.3. The molecule has 1 saturated carbocycles. The van der Waals surface area contributed by atoms with Crippen LogP contribution in [-0.2, 0) is 10.2 Å². The van der Waals surface area contributed by atoms with Gasteiger partial charge in [0.2, 0.25) is 5.91 Å². The van der Waals surface area contributed by atoms with Crippen LogP contribution in [0, 0.1) is 13.8 Å². The van der Waals surface area contributed by atoms with Crippen molar-refractivity contribution in [2.24, 2.45) is 0 Å². The lowest BCUT2D eigenvalue weighted by molar-refractivity contribution is -0.121. The number of carbonyl (C=O) groups excluding carboxylic acids is 1. The van der Waals surface area contributed by atoms with Crippen molar-refractivity contribution in [1.82, 2.24) is 0 Å². The average Bonchev–Trinajstić information content (AvgIpc) is 3.12. The fourth-order valence-corrected chi connectivity index (χ4v) is 3.92. The van der Waals surface area contributed by atoms with Crippen LogP contribution in [0.25, 0.3) is 0 Å². The second-order valence-corrected chi connectivity index (χ2v) is 7.44. The van der Waals surface area contributed by atoms with Gasteiger partial charge in [0.05, 0.1) is 12.0 Å². The predicted octanol–water partition coefficient (Wildman–Crippen LogP) is 5.54. The van der Waals surface area contributed by atoms with Gasteiger partial charge in [-0.3, -0.25) is 4.79 Å². The summed E-state index contributed by atoms with van der Waals surface area (Å²) in [5, 5.41) is 3.17. The summed E-state index contributed by atoms with van der Waals surface area (Å²) in [6, 6.07) is 14.3. The van der Waals surface area contributed by atoms with Gasteiger partial charge in [-0.1, -0.05) is 49.6 Å². The molecule has 3 heteroatoms. The Bertz CT molecular complexity index is 776. The SMILES string of the molecule is CCCOc1ccc(NC(=O)C2(c3cccc(C)c3)CCCC2)cc1C. The minimum Gasteiger partial charge on any atom is -0.493 e. The molecule has 0 aromatic heterocycles. The predicted molar refractivity (Wildman–Crippen MR) is 107 cm³/mol. The number of hydrogen-bond donors (Lipinski definition) is 1. The number of carbonyl (C=O) groups is 1. The van der Waals surface area contributed by atoms with Crippen LogP contribution in [0.2, 0.25) is 0 Å². The van der Waals surface area contributed by atoms with Gasteiger partial charge in [-0.2, -0.15) is 0 Å². The van der Waals surface area contributed by atoms with Gasteiger partial charge in [-0.25, -0.2) is 0 Å². The maximum absolute atomic E-state index is 13.3. The standard InChI is InChI=1S/C23H29NO2/c1-4-14-26-21-11-10-20(16-18(21)3)24-22(25)23(12-5-6-13-23)19-9-7-8-17(2)15-19/h7-11,15-16H,4-6,12-14H2,1-3H3,(H,24,25). The number of ether oxygens (including phenoxy) is 1. The number of nitrogens with one attached hydrogen (secondary N) is 1. The molecule has 1 amide bonds. The van der Waals surface area contributed by atoms with E-state index in [1.807, 2.05) is 25.1 Å². The van der Waals surface area contributed by atoms with Crippen molar-refractivity contribution in [3.8, 4) is 5.75 Å². The molecule has 2 aromatic carbocycles. The van der Waals surface area contributed by atoms with Gasteiger partial charge >= 0.3 is 0 Å². The second-order valence-electron chi connectivity index (χ2n) is 7.44. The van der Waals surface area contributed by atoms with Crippen LogP contribution in [0.1, 0.15) is 55.7 Å². The van der Waals surface area contributed by atoms with E-state index in [-0.39, 0.29) is 5.91 Å². The summed E-state index contributed by atoms with van der Waals surface area (Å²) in [6.07, 6.45) is 5.02. The Morgan fingerprint density at radius 2 is 1.88 bits per heavy atom. The normalized spacial score (nSPS) is 15.7. The smallest absolute Gasteiger partial charge is 0.235 e. The number of benzene rings is 2. The largest absolute Gasteiger partial charge is 0.493 e. The molecule has 0 bridgehead atoms. The highest BCUT2D eigenvalue weighted by atomic mass is 16.5. The first kappa shape index (κ1) is 18.5. The van der Waals surface area contributed by atoms with Gasteiger partial charge < -0.3 is 10.1 Å². The number of amides is 1. The van der Waals surface area contributed by atoms with E-state index in [0.717, 1.165) is 54.7 Å². The maximum Gasteiger partial charge on any atom is 0.235 e. The van der Waals surface area contributed by atoms with Crippen LogP contribution >= 0.6 is 0 Å². The molecule has 26 heavy (non-hydrogen) atoms. The third kappa shape index (κ3) is 3.77. The van der Waals surface area contributed by atoms with E-state index in [0.29, 0.717) is 6.61 Å². The van der Waals surface area contributed by atoms with Gasteiger partial charge in [0.1, 0.15) is 5.75 Å². The first-order chi connectivity index (χ1) is 12.5. The highest BCUT2D eigenvalue weighted by molar-refractivity contribution is 5.99. The van der Waals surface area contributed by atoms with Crippen molar-refractivity contribution in [2.75, 3.05) is 11.9 Å². The number of anilines is 1. The van der Waals surface area contributed by atoms with E-state index >= 15 is 0 Å². The van der Waals surface area contributed by atoms with Crippen molar-refractivity contribution >= 4 is 11.6 Å². The molecule has 0 saturated heterocycles. The topological polar surface area (TPSA) is 38.3 Å². The Hall–Kier alpha value is -2.29. The quantitative estimate of drug-likeness (QED) is 0.742. The molecule has 2 aromatic rings. The Kier molecular flexibility index (Phi) is 5.65. The molecule has 138 valence electrons. The number of aryl methyl sites for hydroxylation is 2. The zero-order valence-corrected chi connectivity index (χ0v) is 16.1. The molecule has 0 unspecified atom stereocenters. The van der Waals surface area contributed by atoms with Crippen molar-refractivity contribution < 1.29 is 9.53 Å². The molecule has 1 aliphatic rings. The number of hydrogen-bond acceptors (Lipinski definition) is 2. The summed E-state index contributed by atoms with van der Waals surface area (Å²) in [7, 11) is 0. The molecule has 1 N–H and O–H groups in total. The molecular formula is C23H29NO2. The molecule has 3 rings (SSSR count). The first-order valence-corrected chi connectivity index (χ1v) is 9.67. The third-order valence-electron chi connectivity index (χ3n) is 5.36. The second kappa shape index (κ2) is 7.94. The lowest BCUT2D eigenvalue weighted by Gasteiger charge is -2.29. The Morgan fingerprint density at radius 3 is 2.54 bits per heavy atom. The van der Waals surface area contributed by atoms with E-state index in [4.69, 9.17) is 4.74 Å². The van der Waals surface area contributed by atoms with Gasteiger partial charge in [0, 0.05) is 5.69 Å². The summed E-state index contributed by atoms with van der Waals surface area (Å²) < 4.78 is 5.74. The van der Waals surface area contributed by atoms with Crippen LogP contribution in [0.15, 0.2) is 42.5 Å². The van der Waals surface area contributed by atoms with Crippen LogP contribution in [0.4, 0.5) is 5.69 Å². The van der Waals surface area contributed by atoms with E-state index in [9.17, 15) is 4.79 Å². The third-order valence-corrected chi connectivity index (χ3v) is 5.36. The van der Waals surface area contributed by atoms with E-state index < -0.39 is 5.41 Å². The molecule has 1 aliphatic carbocycles. The highest BCUT2D eigenvalue weighted by Gasteiger charge is 2.42. The van der Waals surface area contributed by atoms with Crippen molar-refractivity contribution in [3.05, 3.63) is 59.2 Å². The molecule has 0 spiro atoms. The molecular weight excluding hydrogens is 322 g/mol. The fourth-order valence-electron chi connectivity index (χ4n) is 3.92. The molecule has 1 fully saturated rings. The van der Waals surface area contributed by atoms with Crippen LogP contribution in [-0.4, -0.2) is 12.5 Å². The van der Waals surface area contributed by atoms with E-state index in [1.165, 1.54) is 5.56 Å². The lowest BCUT2D eigenvalue weighted by Crippen LogP contribution is -2.38. The lowest BCUT2D eigenvalue weighted by atomic mass is 9.77. The Labute approximate surface area is 156 Å². The molecule has 0 heterocycles. The van der Waals surface area contributed by atoms with E-state index in [1.54, 1.807) is 0 Å². The summed E-state index contributed by atoms with van der Waals surface area (Å²) in [5.41, 5.74) is 3.83. The van der Waals surface area contributed by atoms with Crippen molar-refractivity contribution in [3.63, 3.8) is 0 Å². The summed E-state index contributed by atoms with van der Waals surface area (Å²) in [5.74, 6) is 1.00. The van der Waals surface area contributed by atoms with Crippen LogP contribution < -0.4 is 10.1 Å². The molecule has 0 radical (unpaired) electrons. The molecule has 3 nitrogen and oxygen atoms in total. The van der Waals surface area contributed by atoms with Gasteiger partial charge in [-0.15, -0.1) is 0 Å². The zero-order valence-electron chi connectivity index (χ0n) is 16.1. The molecule has 0 atom stereocenters. The van der Waals surface area contributed by atoms with Gasteiger partial charge in [0.25, 0.3) is 0 Å². The Balaban J connectivity index is 1.82. The number of rotatable bonds is 6. The summed E-state index contributed by atoms with van der Waals surface area (Å²) in [4.78, 5) is 13.3. The Morgan fingerprint density at radius 1 is 1.12 bits per heavy atom. The van der Waals surface area contributed by atoms with E-state index in [2.05, 4.69) is 43.4 Å². The minimum atomic E-state index is -0.405.